The molecule has 0 radical (unpaired) electrons. The van der Waals surface area contributed by atoms with Crippen LogP contribution in [0.25, 0.3) is 0 Å². The molecule has 1 N–H and O–H groups in total. The minimum absolute atomic E-state index is 0.0292. The van der Waals surface area contributed by atoms with E-state index in [4.69, 9.17) is 0 Å². The molecule has 0 aliphatic rings. The average molecular weight is 516 g/mol. The Kier molecular flexibility index (Phi) is 11.0. The van der Waals surface area contributed by atoms with E-state index in [2.05, 4.69) is 5.32 Å². The van der Waals surface area contributed by atoms with E-state index in [0.29, 0.717) is 31.5 Å². The fraction of sp³-hybridized carbons (Fsp3) is 0.500. The number of nitrogens with zero attached hydrogens (tertiary/aromatic N) is 2. The van der Waals surface area contributed by atoms with Gasteiger partial charge >= 0.3 is 0 Å². The van der Waals surface area contributed by atoms with Crippen molar-refractivity contribution in [2.45, 2.75) is 72.4 Å². The predicted molar refractivity (Wildman–Crippen MR) is 147 cm³/mol. The third-order valence-corrected chi connectivity index (χ3v) is 7.48. The smallest absolute Gasteiger partial charge is 0.242 e. The first kappa shape index (κ1) is 29.4. The summed E-state index contributed by atoms with van der Waals surface area (Å²) in [6.45, 7) is 10.1. The number of amides is 2. The summed E-state index contributed by atoms with van der Waals surface area (Å²) in [6.07, 6.45) is 2.82. The third kappa shape index (κ3) is 8.36. The number of aryl methyl sites for hydroxylation is 1. The van der Waals surface area contributed by atoms with Gasteiger partial charge in [0, 0.05) is 25.6 Å². The van der Waals surface area contributed by atoms with Gasteiger partial charge in [-0.05, 0) is 69.7 Å². The molecule has 2 aromatic carbocycles. The molecule has 0 saturated carbocycles. The van der Waals surface area contributed by atoms with Crippen LogP contribution >= 0.6 is 0 Å². The first-order chi connectivity index (χ1) is 17.0. The maximum absolute atomic E-state index is 13.4. The molecule has 0 aliphatic carbocycles. The molecule has 0 aliphatic heterocycles. The first-order valence-electron chi connectivity index (χ1n) is 12.6. The number of carbonyl (C=O) groups is 2. The van der Waals surface area contributed by atoms with Gasteiger partial charge in [-0.1, -0.05) is 49.4 Å². The summed E-state index contributed by atoms with van der Waals surface area (Å²) < 4.78 is 26.6. The van der Waals surface area contributed by atoms with E-state index in [-0.39, 0.29) is 30.8 Å². The summed E-state index contributed by atoms with van der Waals surface area (Å²) in [5, 5.41) is 2.93. The topological polar surface area (TPSA) is 86.8 Å². The van der Waals surface area contributed by atoms with Crippen molar-refractivity contribution in [3.8, 4) is 0 Å². The molecule has 8 heteroatoms. The van der Waals surface area contributed by atoms with Gasteiger partial charge in [0.25, 0.3) is 0 Å². The maximum Gasteiger partial charge on any atom is 0.242 e. The van der Waals surface area contributed by atoms with Crippen LogP contribution in [-0.2, 0) is 26.0 Å². The van der Waals surface area contributed by atoms with Crippen molar-refractivity contribution in [2.75, 3.05) is 23.7 Å². The zero-order valence-electron chi connectivity index (χ0n) is 22.5. The van der Waals surface area contributed by atoms with Gasteiger partial charge in [-0.3, -0.25) is 13.9 Å². The van der Waals surface area contributed by atoms with Crippen LogP contribution in [0.15, 0.2) is 48.5 Å². The highest BCUT2D eigenvalue weighted by Crippen LogP contribution is 2.25. The fourth-order valence-corrected chi connectivity index (χ4v) is 5.28. The van der Waals surface area contributed by atoms with E-state index < -0.39 is 16.1 Å². The number of benzene rings is 2. The Morgan fingerprint density at radius 3 is 2.22 bits per heavy atom. The van der Waals surface area contributed by atoms with Crippen LogP contribution in [0.2, 0.25) is 0 Å². The predicted octanol–water partition coefficient (Wildman–Crippen LogP) is 4.22. The second-order valence-corrected chi connectivity index (χ2v) is 11.5. The van der Waals surface area contributed by atoms with Crippen LogP contribution < -0.4 is 9.62 Å². The molecule has 2 rings (SSSR count). The summed E-state index contributed by atoms with van der Waals surface area (Å²) in [6, 6.07) is 14.8. The Morgan fingerprint density at radius 1 is 0.972 bits per heavy atom. The Labute approximate surface area is 216 Å². The lowest BCUT2D eigenvalue weighted by Crippen LogP contribution is -2.51. The molecule has 0 bridgehead atoms. The van der Waals surface area contributed by atoms with Gasteiger partial charge in [0.1, 0.15) is 6.04 Å². The summed E-state index contributed by atoms with van der Waals surface area (Å²) in [5.74, 6) is -0.312. The first-order valence-corrected chi connectivity index (χ1v) is 14.5. The van der Waals surface area contributed by atoms with Gasteiger partial charge in [0.2, 0.25) is 21.8 Å². The quantitative estimate of drug-likeness (QED) is 0.433. The standard InChI is InChI=1S/C28H41N3O4S/c1-7-25(28(33)29-21(2)3)30(20-18-24-14-9-8-10-15-24)27(32)17-12-19-31(36(6,34)35)26-16-11-13-22(4)23(26)5/h8-11,13-16,21,25H,7,12,17-20H2,1-6H3,(H,29,33). The molecule has 0 aromatic heterocycles. The second kappa shape index (κ2) is 13.4. The van der Waals surface area contributed by atoms with Crippen molar-refractivity contribution in [1.29, 1.82) is 0 Å². The van der Waals surface area contributed by atoms with E-state index >= 15 is 0 Å². The zero-order valence-corrected chi connectivity index (χ0v) is 23.3. The van der Waals surface area contributed by atoms with Gasteiger partial charge in [-0.25, -0.2) is 8.42 Å². The van der Waals surface area contributed by atoms with E-state index in [1.54, 1.807) is 11.0 Å². The van der Waals surface area contributed by atoms with Crippen molar-refractivity contribution >= 4 is 27.5 Å². The van der Waals surface area contributed by atoms with E-state index in [9.17, 15) is 18.0 Å². The van der Waals surface area contributed by atoms with Gasteiger partial charge in [0.05, 0.1) is 11.9 Å². The summed E-state index contributed by atoms with van der Waals surface area (Å²) in [4.78, 5) is 28.0. The number of sulfonamides is 1. The Morgan fingerprint density at radius 2 is 1.64 bits per heavy atom. The number of anilines is 1. The average Bonchev–Trinajstić information content (AvgIpc) is 2.80. The van der Waals surface area contributed by atoms with E-state index in [1.165, 1.54) is 10.6 Å². The molecular formula is C28H41N3O4S. The molecule has 1 atom stereocenters. The van der Waals surface area contributed by atoms with Crippen molar-refractivity contribution in [2.24, 2.45) is 0 Å². The second-order valence-electron chi connectivity index (χ2n) is 9.57. The van der Waals surface area contributed by atoms with Crippen LogP contribution in [-0.4, -0.2) is 56.6 Å². The van der Waals surface area contributed by atoms with Crippen molar-refractivity contribution in [1.82, 2.24) is 10.2 Å². The summed E-state index contributed by atoms with van der Waals surface area (Å²) in [5.41, 5.74) is 3.63. The van der Waals surface area contributed by atoms with Crippen molar-refractivity contribution in [3.63, 3.8) is 0 Å². The highest BCUT2D eigenvalue weighted by atomic mass is 32.2. The van der Waals surface area contributed by atoms with Gasteiger partial charge in [-0.15, -0.1) is 0 Å². The number of nitrogens with one attached hydrogen (secondary N) is 1. The maximum atomic E-state index is 13.4. The SMILES string of the molecule is CCC(C(=O)NC(C)C)N(CCc1ccccc1)C(=O)CCCN(c1cccc(C)c1C)S(C)(=O)=O. The molecule has 7 nitrogen and oxygen atoms in total. The molecule has 2 aromatic rings. The van der Waals surface area contributed by atoms with Crippen LogP contribution in [0, 0.1) is 13.8 Å². The fourth-order valence-electron chi connectivity index (χ4n) is 4.26. The molecule has 36 heavy (non-hydrogen) atoms. The van der Waals surface area contributed by atoms with Crippen LogP contribution in [0.5, 0.6) is 0 Å². The number of rotatable bonds is 13. The summed E-state index contributed by atoms with van der Waals surface area (Å²) >= 11 is 0. The minimum atomic E-state index is -3.53. The zero-order chi connectivity index (χ0) is 26.9. The highest BCUT2D eigenvalue weighted by Gasteiger charge is 2.29. The molecule has 1 unspecified atom stereocenters. The molecule has 0 saturated heterocycles. The lowest BCUT2D eigenvalue weighted by molar-refractivity contribution is -0.141. The normalized spacial score (nSPS) is 12.3. The van der Waals surface area contributed by atoms with Gasteiger partial charge < -0.3 is 10.2 Å². The van der Waals surface area contributed by atoms with Crippen LogP contribution in [0.3, 0.4) is 0 Å². The largest absolute Gasteiger partial charge is 0.352 e. The molecule has 0 spiro atoms. The molecule has 0 heterocycles. The van der Waals surface area contributed by atoms with Crippen LogP contribution in [0.1, 0.15) is 56.7 Å². The Balaban J connectivity index is 2.19. The summed E-state index contributed by atoms with van der Waals surface area (Å²) in [7, 11) is -3.53. The lowest BCUT2D eigenvalue weighted by Gasteiger charge is -2.31. The lowest BCUT2D eigenvalue weighted by atomic mass is 10.1. The molecule has 0 fully saturated rings. The minimum Gasteiger partial charge on any atom is -0.352 e. The highest BCUT2D eigenvalue weighted by molar-refractivity contribution is 7.92. The monoisotopic (exact) mass is 515 g/mol. The van der Waals surface area contributed by atoms with Crippen LogP contribution in [0.4, 0.5) is 5.69 Å². The van der Waals surface area contributed by atoms with Gasteiger partial charge in [-0.2, -0.15) is 0 Å². The van der Waals surface area contributed by atoms with Crippen molar-refractivity contribution in [3.05, 3.63) is 65.2 Å². The molecule has 198 valence electrons. The number of carbonyl (C=O) groups excluding carboxylic acids is 2. The Bertz CT molecular complexity index is 1120. The number of hydrogen-bond acceptors (Lipinski definition) is 4. The molecule has 2 amide bonds. The Hall–Kier alpha value is -2.87. The third-order valence-electron chi connectivity index (χ3n) is 6.30. The number of hydrogen-bond donors (Lipinski definition) is 1. The van der Waals surface area contributed by atoms with Crippen molar-refractivity contribution < 1.29 is 18.0 Å². The van der Waals surface area contributed by atoms with E-state index in [1.807, 2.05) is 77.1 Å². The van der Waals surface area contributed by atoms with E-state index in [0.717, 1.165) is 16.7 Å². The van der Waals surface area contributed by atoms with Gasteiger partial charge in [0.15, 0.2) is 0 Å². The molecular weight excluding hydrogens is 474 g/mol.